The Balaban J connectivity index is 1.36. The molecule has 0 bridgehead atoms. The molecule has 6 rings (SSSR count). The lowest BCUT2D eigenvalue weighted by Gasteiger charge is -2.22. The predicted molar refractivity (Wildman–Crippen MR) is 141 cm³/mol. The summed E-state index contributed by atoms with van der Waals surface area (Å²) in [6.45, 7) is -0.350. The van der Waals surface area contributed by atoms with Gasteiger partial charge in [-0.2, -0.15) is 5.10 Å². The van der Waals surface area contributed by atoms with Crippen LogP contribution in [0, 0.1) is 23.4 Å². The largest absolute Gasteiger partial charge is 0.366 e. The summed E-state index contributed by atoms with van der Waals surface area (Å²) >= 11 is 0. The fourth-order valence-corrected chi connectivity index (χ4v) is 5.90. The van der Waals surface area contributed by atoms with Gasteiger partial charge in [-0.1, -0.05) is 12.1 Å². The number of nitrogens with two attached hydrogens (primary N) is 1. The van der Waals surface area contributed by atoms with Crippen molar-refractivity contribution in [2.24, 2.45) is 11.7 Å². The van der Waals surface area contributed by atoms with Gasteiger partial charge >= 0.3 is 0 Å². The van der Waals surface area contributed by atoms with E-state index in [4.69, 9.17) is 5.73 Å². The number of fused-ring (bicyclic) bond motifs is 3. The normalized spacial score (nSPS) is 17.6. The van der Waals surface area contributed by atoms with Gasteiger partial charge in [-0.25, -0.2) is 22.0 Å². The number of nitrogens with one attached hydrogen (secondary N) is 1. The van der Waals surface area contributed by atoms with Gasteiger partial charge in [-0.3, -0.25) is 19.3 Å². The Labute approximate surface area is 236 Å². The van der Waals surface area contributed by atoms with Crippen molar-refractivity contribution in [3.8, 4) is 11.1 Å². The van der Waals surface area contributed by atoms with Crippen molar-refractivity contribution >= 4 is 11.8 Å². The van der Waals surface area contributed by atoms with Crippen molar-refractivity contribution in [1.29, 1.82) is 0 Å². The van der Waals surface area contributed by atoms with Gasteiger partial charge in [0.1, 0.15) is 29.7 Å². The zero-order chi connectivity index (χ0) is 29.7. The van der Waals surface area contributed by atoms with Crippen molar-refractivity contribution < 1.29 is 31.5 Å². The molecule has 12 heteroatoms. The Morgan fingerprint density at radius 1 is 1.05 bits per heavy atom. The van der Waals surface area contributed by atoms with Gasteiger partial charge in [0.15, 0.2) is 0 Å². The standard InChI is InChI=1S/C30H24F5N5O2/c31-17-6-14(7-18(32)12-17)8-24(26-19(2-1-5-37-26)15-3-4-23(33)21(9-15)30(36)42)38-25(41)13-40-28-20-10-16(20)11-22(28)27(39-40)29(34)35/h1-7,9,12,16,20,24,29H,8,10-11,13H2,(H2,36,42)(H,38,41)/t16?,20?,24-/m0/s1. The first-order chi connectivity index (χ1) is 20.1. The second kappa shape index (κ2) is 10.7. The maximum atomic E-state index is 14.2. The molecule has 0 aliphatic heterocycles. The molecule has 0 radical (unpaired) electrons. The molecular weight excluding hydrogens is 557 g/mol. The molecule has 2 amide bonds. The number of alkyl halides is 2. The van der Waals surface area contributed by atoms with Crippen molar-refractivity contribution in [2.45, 2.75) is 44.2 Å². The number of nitrogens with zero attached hydrogens (tertiary/aromatic N) is 3. The fourth-order valence-electron chi connectivity index (χ4n) is 5.90. The molecular formula is C30H24F5N5O2. The number of hydrogen-bond acceptors (Lipinski definition) is 4. The van der Waals surface area contributed by atoms with Gasteiger partial charge in [-0.15, -0.1) is 0 Å². The quantitative estimate of drug-likeness (QED) is 0.267. The number of aromatic nitrogens is 3. The summed E-state index contributed by atoms with van der Waals surface area (Å²) in [5.74, 6) is -3.62. The fraction of sp³-hybridized carbons (Fsp3) is 0.267. The van der Waals surface area contributed by atoms with E-state index in [0.29, 0.717) is 28.8 Å². The Kier molecular flexibility index (Phi) is 6.99. The van der Waals surface area contributed by atoms with Crippen LogP contribution in [0.25, 0.3) is 11.1 Å². The maximum absolute atomic E-state index is 14.2. The third kappa shape index (κ3) is 5.24. The Bertz CT molecular complexity index is 1700. The van der Waals surface area contributed by atoms with E-state index >= 15 is 0 Å². The first-order valence-corrected chi connectivity index (χ1v) is 13.3. The van der Waals surface area contributed by atoms with Crippen LogP contribution in [0.4, 0.5) is 22.0 Å². The number of hydrogen-bond donors (Lipinski definition) is 2. The molecule has 2 aliphatic carbocycles. The monoisotopic (exact) mass is 581 g/mol. The number of halogens is 5. The Morgan fingerprint density at radius 2 is 1.81 bits per heavy atom. The van der Waals surface area contributed by atoms with Crippen LogP contribution in [-0.2, 0) is 24.2 Å². The number of carbonyl (C=O) groups excluding carboxylic acids is 2. The van der Waals surface area contributed by atoms with Gasteiger partial charge in [0.25, 0.3) is 12.3 Å². The minimum atomic E-state index is -2.77. The van der Waals surface area contributed by atoms with Crippen molar-refractivity contribution in [1.82, 2.24) is 20.1 Å². The molecule has 4 aromatic rings. The maximum Gasteiger partial charge on any atom is 0.282 e. The summed E-state index contributed by atoms with van der Waals surface area (Å²) in [7, 11) is 0. The van der Waals surface area contributed by atoms with Crippen LogP contribution in [0.1, 0.15) is 63.4 Å². The average Bonchev–Trinajstić information content (AvgIpc) is 3.44. The van der Waals surface area contributed by atoms with E-state index in [0.717, 1.165) is 30.7 Å². The van der Waals surface area contributed by atoms with E-state index in [9.17, 15) is 31.5 Å². The molecule has 216 valence electrons. The summed E-state index contributed by atoms with van der Waals surface area (Å²) in [6.07, 6.45) is -0.0479. The van der Waals surface area contributed by atoms with Crippen molar-refractivity contribution in [3.63, 3.8) is 0 Å². The second-order valence-corrected chi connectivity index (χ2v) is 10.6. The minimum Gasteiger partial charge on any atom is -0.366 e. The summed E-state index contributed by atoms with van der Waals surface area (Å²) < 4.78 is 71.0. The van der Waals surface area contributed by atoms with Crippen LogP contribution < -0.4 is 11.1 Å². The van der Waals surface area contributed by atoms with E-state index in [1.54, 1.807) is 12.1 Å². The number of carbonyl (C=O) groups is 2. The van der Waals surface area contributed by atoms with Gasteiger partial charge in [0, 0.05) is 35.0 Å². The highest BCUT2D eigenvalue weighted by Gasteiger charge is 2.50. The lowest BCUT2D eigenvalue weighted by atomic mass is 9.94. The highest BCUT2D eigenvalue weighted by atomic mass is 19.3. The Morgan fingerprint density at radius 3 is 2.52 bits per heavy atom. The molecule has 0 saturated heterocycles. The first-order valence-electron chi connectivity index (χ1n) is 13.3. The molecule has 3 N–H and O–H groups in total. The number of amides is 2. The Hall–Kier alpha value is -4.61. The molecule has 1 saturated carbocycles. The molecule has 42 heavy (non-hydrogen) atoms. The van der Waals surface area contributed by atoms with E-state index in [2.05, 4.69) is 15.4 Å². The lowest BCUT2D eigenvalue weighted by Crippen LogP contribution is -2.34. The van der Waals surface area contributed by atoms with Crippen molar-refractivity contribution in [3.05, 3.63) is 106 Å². The van der Waals surface area contributed by atoms with E-state index in [1.165, 1.54) is 23.0 Å². The van der Waals surface area contributed by atoms with Crippen LogP contribution in [0.5, 0.6) is 0 Å². The molecule has 0 spiro atoms. The topological polar surface area (TPSA) is 103 Å². The summed E-state index contributed by atoms with van der Waals surface area (Å²) in [6, 6.07) is 8.96. The van der Waals surface area contributed by atoms with Crippen LogP contribution in [-0.4, -0.2) is 26.6 Å². The summed E-state index contributed by atoms with van der Waals surface area (Å²) in [5, 5.41) is 6.87. The lowest BCUT2D eigenvalue weighted by molar-refractivity contribution is -0.122. The molecule has 2 aromatic carbocycles. The molecule has 1 fully saturated rings. The van der Waals surface area contributed by atoms with Gasteiger partial charge in [0.05, 0.1) is 17.3 Å². The van der Waals surface area contributed by atoms with E-state index in [1.807, 2.05) is 0 Å². The smallest absolute Gasteiger partial charge is 0.282 e. The molecule has 2 unspecified atom stereocenters. The molecule has 2 aliphatic rings. The number of primary amides is 1. The molecule has 3 atom stereocenters. The summed E-state index contributed by atoms with van der Waals surface area (Å²) in [5.41, 5.74) is 7.06. The SMILES string of the molecule is NC(=O)c1cc(-c2cccnc2[C@H](Cc2cc(F)cc(F)c2)NC(=O)Cn2nc(C(F)F)c3c2C2CC2C3)ccc1F. The van der Waals surface area contributed by atoms with Gasteiger partial charge in [-0.05, 0) is 66.6 Å². The van der Waals surface area contributed by atoms with Crippen molar-refractivity contribution in [2.75, 3.05) is 0 Å². The van der Waals surface area contributed by atoms with Crippen LogP contribution in [0.15, 0.2) is 54.7 Å². The average molecular weight is 582 g/mol. The van der Waals surface area contributed by atoms with Crippen LogP contribution in [0.2, 0.25) is 0 Å². The molecule has 2 heterocycles. The first kappa shape index (κ1) is 27.6. The second-order valence-electron chi connectivity index (χ2n) is 10.6. The third-order valence-corrected chi connectivity index (χ3v) is 7.77. The highest BCUT2D eigenvalue weighted by Crippen LogP contribution is 2.57. The number of rotatable bonds is 9. The van der Waals surface area contributed by atoms with E-state index < -0.39 is 41.7 Å². The molecule has 2 aromatic heterocycles. The highest BCUT2D eigenvalue weighted by molar-refractivity contribution is 5.94. The molecule has 7 nitrogen and oxygen atoms in total. The van der Waals surface area contributed by atoms with Crippen LogP contribution >= 0.6 is 0 Å². The minimum absolute atomic E-state index is 0.0965. The van der Waals surface area contributed by atoms with Gasteiger partial charge in [0.2, 0.25) is 5.91 Å². The van der Waals surface area contributed by atoms with E-state index in [-0.39, 0.29) is 47.3 Å². The van der Waals surface area contributed by atoms with Gasteiger partial charge < -0.3 is 11.1 Å². The third-order valence-electron chi connectivity index (χ3n) is 7.77. The zero-order valence-corrected chi connectivity index (χ0v) is 22.0. The number of benzene rings is 2. The number of pyridine rings is 1. The zero-order valence-electron chi connectivity index (χ0n) is 22.0. The predicted octanol–water partition coefficient (Wildman–Crippen LogP) is 5.16. The van der Waals surface area contributed by atoms with Crippen LogP contribution in [0.3, 0.4) is 0 Å². The summed E-state index contributed by atoms with van der Waals surface area (Å²) in [4.78, 5) is 29.6.